The van der Waals surface area contributed by atoms with Crippen molar-refractivity contribution in [2.24, 2.45) is 5.92 Å². The number of rotatable bonds is 5. The monoisotopic (exact) mass is 405 g/mol. The third-order valence-corrected chi connectivity index (χ3v) is 6.93. The fourth-order valence-corrected chi connectivity index (χ4v) is 5.10. The van der Waals surface area contributed by atoms with Gasteiger partial charge in [0.2, 0.25) is 9.84 Å². The number of sulfone groups is 1. The van der Waals surface area contributed by atoms with E-state index >= 15 is 0 Å². The standard InChI is InChI=1S/C21H24FNO4S/c1-13(2)11-26-15-7-14(22)8-17(9-15)28(24,25)16-3-4-19-18-5-6-23-20(18)12-27-21(19)10-16/h3-4,7-10,13,18,20,23H,5-6,11-12H2,1-2H3. The smallest absolute Gasteiger partial charge is 0.206 e. The van der Waals surface area contributed by atoms with Crippen LogP contribution in [0, 0.1) is 11.7 Å². The first-order valence-corrected chi connectivity index (χ1v) is 11.0. The maximum Gasteiger partial charge on any atom is 0.206 e. The Hall–Kier alpha value is -2.12. The molecule has 1 saturated heterocycles. The average molecular weight is 405 g/mol. The van der Waals surface area contributed by atoms with Crippen molar-refractivity contribution >= 4 is 9.84 Å². The summed E-state index contributed by atoms with van der Waals surface area (Å²) in [5.41, 5.74) is 1.03. The van der Waals surface area contributed by atoms with Gasteiger partial charge in [-0.1, -0.05) is 19.9 Å². The van der Waals surface area contributed by atoms with E-state index in [0.29, 0.717) is 24.9 Å². The lowest BCUT2D eigenvalue weighted by Crippen LogP contribution is -2.35. The van der Waals surface area contributed by atoms with Gasteiger partial charge in [0.05, 0.1) is 16.4 Å². The van der Waals surface area contributed by atoms with Crippen LogP contribution in [-0.2, 0) is 9.84 Å². The van der Waals surface area contributed by atoms with E-state index in [4.69, 9.17) is 9.47 Å². The molecule has 0 amide bonds. The van der Waals surface area contributed by atoms with Gasteiger partial charge < -0.3 is 14.8 Å². The Morgan fingerprint density at radius 1 is 1.21 bits per heavy atom. The van der Waals surface area contributed by atoms with Crippen LogP contribution in [-0.4, -0.2) is 34.2 Å². The van der Waals surface area contributed by atoms with Crippen molar-refractivity contribution in [1.82, 2.24) is 5.32 Å². The highest BCUT2D eigenvalue weighted by atomic mass is 32.2. The molecule has 2 atom stereocenters. The van der Waals surface area contributed by atoms with Crippen molar-refractivity contribution in [3.63, 3.8) is 0 Å². The van der Waals surface area contributed by atoms with E-state index in [1.807, 2.05) is 19.9 Å². The van der Waals surface area contributed by atoms with Gasteiger partial charge in [-0.15, -0.1) is 0 Å². The van der Waals surface area contributed by atoms with Gasteiger partial charge in [-0.3, -0.25) is 0 Å². The van der Waals surface area contributed by atoms with E-state index in [9.17, 15) is 12.8 Å². The quantitative estimate of drug-likeness (QED) is 0.824. The van der Waals surface area contributed by atoms with E-state index in [1.54, 1.807) is 12.1 Å². The first kappa shape index (κ1) is 19.2. The summed E-state index contributed by atoms with van der Waals surface area (Å²) in [7, 11) is -3.89. The largest absolute Gasteiger partial charge is 0.493 e. The first-order chi connectivity index (χ1) is 13.3. The highest BCUT2D eigenvalue weighted by Crippen LogP contribution is 2.40. The van der Waals surface area contributed by atoms with E-state index in [-0.39, 0.29) is 27.5 Å². The molecule has 150 valence electrons. The Kier molecular flexibility index (Phi) is 5.05. The number of benzene rings is 2. The van der Waals surface area contributed by atoms with Gasteiger partial charge in [-0.2, -0.15) is 0 Å². The lowest BCUT2D eigenvalue weighted by atomic mass is 9.90. The molecule has 0 aromatic heterocycles. The van der Waals surface area contributed by atoms with Crippen molar-refractivity contribution in [3.05, 3.63) is 47.8 Å². The normalized spacial score (nSPS) is 21.1. The molecule has 7 heteroatoms. The maximum absolute atomic E-state index is 14.0. The lowest BCUT2D eigenvalue weighted by molar-refractivity contribution is 0.238. The van der Waals surface area contributed by atoms with Crippen LogP contribution in [0.1, 0.15) is 31.7 Å². The zero-order valence-electron chi connectivity index (χ0n) is 15.9. The molecule has 2 aromatic rings. The molecule has 4 rings (SSSR count). The summed E-state index contributed by atoms with van der Waals surface area (Å²) < 4.78 is 51.6. The van der Waals surface area contributed by atoms with Gasteiger partial charge in [0, 0.05) is 18.0 Å². The van der Waals surface area contributed by atoms with Crippen molar-refractivity contribution in [3.8, 4) is 11.5 Å². The molecule has 0 saturated carbocycles. The second kappa shape index (κ2) is 7.37. The number of hydrogen-bond acceptors (Lipinski definition) is 5. The highest BCUT2D eigenvalue weighted by Gasteiger charge is 2.35. The van der Waals surface area contributed by atoms with Gasteiger partial charge in [0.1, 0.15) is 23.9 Å². The number of ether oxygens (including phenoxy) is 2. The number of hydrogen-bond donors (Lipinski definition) is 1. The molecule has 2 aromatic carbocycles. The summed E-state index contributed by atoms with van der Waals surface area (Å²) in [6, 6.07) is 8.83. The molecule has 1 N–H and O–H groups in total. The van der Waals surface area contributed by atoms with Crippen molar-refractivity contribution in [2.75, 3.05) is 19.8 Å². The Morgan fingerprint density at radius 2 is 2.04 bits per heavy atom. The molecule has 0 bridgehead atoms. The molecule has 0 spiro atoms. The van der Waals surface area contributed by atoms with Crippen LogP contribution in [0.3, 0.4) is 0 Å². The third-order valence-electron chi connectivity index (χ3n) is 5.20. The Labute approximate surface area is 164 Å². The van der Waals surface area contributed by atoms with Gasteiger partial charge >= 0.3 is 0 Å². The Morgan fingerprint density at radius 3 is 2.82 bits per heavy atom. The lowest BCUT2D eigenvalue weighted by Gasteiger charge is -2.28. The highest BCUT2D eigenvalue weighted by molar-refractivity contribution is 7.91. The molecule has 2 unspecified atom stereocenters. The Bertz CT molecular complexity index is 990. The van der Waals surface area contributed by atoms with Crippen LogP contribution in [0.15, 0.2) is 46.2 Å². The van der Waals surface area contributed by atoms with Crippen molar-refractivity contribution in [1.29, 1.82) is 0 Å². The van der Waals surface area contributed by atoms with Crippen LogP contribution in [0.4, 0.5) is 4.39 Å². The van der Waals surface area contributed by atoms with Crippen molar-refractivity contribution < 1.29 is 22.3 Å². The first-order valence-electron chi connectivity index (χ1n) is 9.53. The molecule has 2 aliphatic heterocycles. The minimum Gasteiger partial charge on any atom is -0.493 e. The number of nitrogens with one attached hydrogen (secondary N) is 1. The molecular formula is C21H24FNO4S. The predicted octanol–water partition coefficient (Wildman–Crippen LogP) is 3.53. The molecule has 5 nitrogen and oxygen atoms in total. The molecular weight excluding hydrogens is 381 g/mol. The summed E-state index contributed by atoms with van der Waals surface area (Å²) in [6.07, 6.45) is 1.01. The van der Waals surface area contributed by atoms with Gasteiger partial charge in [-0.05, 0) is 48.7 Å². The number of fused-ring (bicyclic) bond motifs is 3. The summed E-state index contributed by atoms with van der Waals surface area (Å²) in [6.45, 7) is 5.77. The predicted molar refractivity (Wildman–Crippen MR) is 103 cm³/mol. The van der Waals surface area contributed by atoms with Crippen molar-refractivity contribution in [2.45, 2.75) is 42.0 Å². The molecule has 1 fully saturated rings. The van der Waals surface area contributed by atoms with Crippen LogP contribution >= 0.6 is 0 Å². The topological polar surface area (TPSA) is 64.6 Å². The summed E-state index contributed by atoms with van der Waals surface area (Å²) in [5.74, 6) is 0.745. The van der Waals surface area contributed by atoms with Crippen LogP contribution in [0.25, 0.3) is 0 Å². The van der Waals surface area contributed by atoms with Crippen LogP contribution in [0.2, 0.25) is 0 Å². The summed E-state index contributed by atoms with van der Waals surface area (Å²) >= 11 is 0. The molecule has 28 heavy (non-hydrogen) atoms. The molecule has 0 radical (unpaired) electrons. The zero-order chi connectivity index (χ0) is 19.9. The number of halogens is 1. The van der Waals surface area contributed by atoms with E-state index in [0.717, 1.165) is 24.6 Å². The second-order valence-corrected chi connectivity index (χ2v) is 9.75. The van der Waals surface area contributed by atoms with Crippen LogP contribution < -0.4 is 14.8 Å². The van der Waals surface area contributed by atoms with Gasteiger partial charge in [0.25, 0.3) is 0 Å². The van der Waals surface area contributed by atoms with E-state index in [1.165, 1.54) is 12.1 Å². The zero-order valence-corrected chi connectivity index (χ0v) is 16.8. The molecule has 2 heterocycles. The SMILES string of the molecule is CC(C)COc1cc(F)cc(S(=O)(=O)c2ccc3c(c2)OCC2NCCC32)c1. The fourth-order valence-electron chi connectivity index (χ4n) is 3.78. The van der Waals surface area contributed by atoms with E-state index < -0.39 is 15.7 Å². The summed E-state index contributed by atoms with van der Waals surface area (Å²) in [5, 5.41) is 3.40. The second-order valence-electron chi connectivity index (χ2n) is 7.80. The molecule has 0 aliphatic carbocycles. The average Bonchev–Trinajstić information content (AvgIpc) is 3.14. The minimum absolute atomic E-state index is 0.0936. The maximum atomic E-state index is 14.0. The minimum atomic E-state index is -3.89. The summed E-state index contributed by atoms with van der Waals surface area (Å²) in [4.78, 5) is -0.0292. The van der Waals surface area contributed by atoms with Gasteiger partial charge in [-0.25, -0.2) is 12.8 Å². The van der Waals surface area contributed by atoms with E-state index in [2.05, 4.69) is 5.32 Å². The Balaban J connectivity index is 1.67. The van der Waals surface area contributed by atoms with Gasteiger partial charge in [0.15, 0.2) is 0 Å². The fraction of sp³-hybridized carbons (Fsp3) is 0.429. The van der Waals surface area contributed by atoms with Crippen LogP contribution in [0.5, 0.6) is 11.5 Å². The third kappa shape index (κ3) is 3.61. The molecule has 2 aliphatic rings.